The summed E-state index contributed by atoms with van der Waals surface area (Å²) in [6.45, 7) is 2.02. The van der Waals surface area contributed by atoms with Gasteiger partial charge in [0.15, 0.2) is 0 Å². The summed E-state index contributed by atoms with van der Waals surface area (Å²) in [7, 11) is 0. The van der Waals surface area contributed by atoms with Gasteiger partial charge in [-0.15, -0.1) is 11.3 Å². The lowest BCUT2D eigenvalue weighted by atomic mass is 9.75. The summed E-state index contributed by atoms with van der Waals surface area (Å²) in [6.07, 6.45) is -1.31. The number of hydrogen-bond donors (Lipinski definition) is 2. The first-order valence-electron chi connectivity index (χ1n) is 13.9. The zero-order chi connectivity index (χ0) is 31.6. The van der Waals surface area contributed by atoms with Crippen LogP contribution in [0.2, 0.25) is 10.0 Å². The fraction of sp³-hybridized carbons (Fsp3) is 0.147. The largest absolute Gasteiger partial charge is 0.481 e. The minimum Gasteiger partial charge on any atom is -0.481 e. The molecule has 224 valence electrons. The Bertz CT molecular complexity index is 2040. The smallest absolute Gasteiger partial charge is 0.311 e. The molecule has 11 heteroatoms. The van der Waals surface area contributed by atoms with Crippen molar-refractivity contribution >= 4 is 73.9 Å². The van der Waals surface area contributed by atoms with Crippen molar-refractivity contribution in [2.24, 2.45) is 11.8 Å². The Labute approximate surface area is 270 Å². The number of Topliss-reactive ketones (excluding diaryl/α,β-unsaturated/α-hetero) is 2. The van der Waals surface area contributed by atoms with Crippen molar-refractivity contribution in [2.45, 2.75) is 18.6 Å². The number of anilines is 1. The number of amides is 1. The molecule has 45 heavy (non-hydrogen) atoms. The summed E-state index contributed by atoms with van der Waals surface area (Å²) in [5, 5.41) is 14.5. The number of carboxylic acids is 1. The van der Waals surface area contributed by atoms with Gasteiger partial charge in [-0.25, -0.2) is 4.98 Å². The molecule has 2 N–H and O–H groups in total. The Balaban J connectivity index is 1.26. The van der Waals surface area contributed by atoms with Crippen LogP contribution >= 0.6 is 34.5 Å². The monoisotopic (exact) mass is 656 g/mol. The Morgan fingerprint density at radius 3 is 2.24 bits per heavy atom. The van der Waals surface area contributed by atoms with Gasteiger partial charge >= 0.3 is 5.97 Å². The standard InChI is InChI=1S/C34H22Cl2N2O6S/c1-16-6-13-24-25(14-16)45-32(38-24)17-7-10-19(11-8-17)37-31(41)26-27(33(42)43)34(29(39)20-4-2-3-5-21(20)30(34)40)44-28(26)18-9-12-22(35)23(36)15-18/h2-15,26-28H,1H3,(H,37,41)(H,42,43). The van der Waals surface area contributed by atoms with Gasteiger partial charge in [0.2, 0.25) is 23.1 Å². The summed E-state index contributed by atoms with van der Waals surface area (Å²) < 4.78 is 7.27. The summed E-state index contributed by atoms with van der Waals surface area (Å²) in [4.78, 5) is 59.4. The van der Waals surface area contributed by atoms with E-state index < -0.39 is 47.0 Å². The quantitative estimate of drug-likeness (QED) is 0.189. The summed E-state index contributed by atoms with van der Waals surface area (Å²) in [6, 6.07) is 23.5. The molecule has 1 aliphatic heterocycles. The number of carbonyl (C=O) groups excluding carboxylic acids is 3. The van der Waals surface area contributed by atoms with Crippen molar-refractivity contribution in [1.29, 1.82) is 0 Å². The number of thiazole rings is 1. The predicted molar refractivity (Wildman–Crippen MR) is 171 cm³/mol. The highest BCUT2D eigenvalue weighted by molar-refractivity contribution is 7.21. The minimum atomic E-state index is -2.44. The van der Waals surface area contributed by atoms with Gasteiger partial charge in [-0.1, -0.05) is 59.6 Å². The van der Waals surface area contributed by atoms with Crippen molar-refractivity contribution in [3.63, 3.8) is 0 Å². The molecule has 7 rings (SSSR count). The van der Waals surface area contributed by atoms with Crippen LogP contribution in [0.25, 0.3) is 20.8 Å². The van der Waals surface area contributed by atoms with Gasteiger partial charge in [0.1, 0.15) is 10.9 Å². The van der Waals surface area contributed by atoms with Crippen molar-refractivity contribution < 1.29 is 29.0 Å². The SMILES string of the molecule is Cc1ccc2nc(-c3ccc(NC(=O)C4C(c5ccc(Cl)c(Cl)c5)OC5(C(=O)c6ccccc6C5=O)C4C(=O)O)cc3)sc2c1. The van der Waals surface area contributed by atoms with Gasteiger partial charge in [-0.05, 0) is 66.6 Å². The maximum Gasteiger partial charge on any atom is 0.311 e. The number of rotatable bonds is 5. The number of ether oxygens (including phenoxy) is 1. The Morgan fingerprint density at radius 1 is 0.911 bits per heavy atom. The lowest BCUT2D eigenvalue weighted by Gasteiger charge is -2.25. The number of aryl methyl sites for hydroxylation is 1. The Hall–Kier alpha value is -4.41. The fourth-order valence-corrected chi connectivity index (χ4v) is 7.58. The molecule has 1 aliphatic carbocycles. The number of hydrogen-bond acceptors (Lipinski definition) is 7. The third kappa shape index (κ3) is 4.66. The number of aromatic nitrogens is 1. The van der Waals surface area contributed by atoms with Crippen molar-refractivity contribution in [1.82, 2.24) is 4.98 Å². The molecule has 8 nitrogen and oxygen atoms in total. The fourth-order valence-electron chi connectivity index (χ4n) is 6.20. The lowest BCUT2D eigenvalue weighted by Crippen LogP contribution is -2.52. The van der Waals surface area contributed by atoms with Crippen molar-refractivity contribution in [3.8, 4) is 10.6 Å². The van der Waals surface area contributed by atoms with E-state index in [-0.39, 0.29) is 21.2 Å². The van der Waals surface area contributed by atoms with Crippen LogP contribution in [0.5, 0.6) is 0 Å². The first-order chi connectivity index (χ1) is 21.6. The van der Waals surface area contributed by atoms with E-state index in [4.69, 9.17) is 32.9 Å². The molecule has 0 radical (unpaired) electrons. The molecular weight excluding hydrogens is 635 g/mol. The second-order valence-electron chi connectivity index (χ2n) is 11.0. The number of nitrogens with zero attached hydrogens (tertiary/aromatic N) is 1. The maximum atomic E-state index is 14.0. The van der Waals surface area contributed by atoms with Crippen LogP contribution in [0, 0.1) is 18.8 Å². The number of ketones is 2. The van der Waals surface area contributed by atoms with E-state index in [1.165, 1.54) is 30.3 Å². The molecule has 1 spiro atoms. The van der Waals surface area contributed by atoms with Crippen LogP contribution in [-0.2, 0) is 14.3 Å². The molecule has 5 aromatic rings. The molecule has 0 saturated carbocycles. The van der Waals surface area contributed by atoms with Gasteiger partial charge in [0, 0.05) is 22.4 Å². The van der Waals surface area contributed by atoms with Gasteiger partial charge in [-0.2, -0.15) is 0 Å². The van der Waals surface area contributed by atoms with Crippen molar-refractivity contribution in [2.75, 3.05) is 5.32 Å². The topological polar surface area (TPSA) is 123 Å². The van der Waals surface area contributed by atoms with E-state index in [1.807, 2.05) is 19.1 Å². The second kappa shape index (κ2) is 10.9. The third-order valence-electron chi connectivity index (χ3n) is 8.31. The number of halogens is 2. The minimum absolute atomic E-state index is 0.0447. The van der Waals surface area contributed by atoms with Gasteiger partial charge in [0.05, 0.1) is 32.3 Å². The summed E-state index contributed by atoms with van der Waals surface area (Å²) in [5.41, 5.74) is 1.19. The zero-order valence-corrected chi connectivity index (χ0v) is 25.7. The predicted octanol–water partition coefficient (Wildman–Crippen LogP) is 7.42. The van der Waals surface area contributed by atoms with Gasteiger partial charge in [-0.3, -0.25) is 19.2 Å². The number of aliphatic carboxylic acids is 1. The highest BCUT2D eigenvalue weighted by Gasteiger charge is 2.71. The van der Waals surface area contributed by atoms with Gasteiger partial charge < -0.3 is 15.2 Å². The normalized spacial score (nSPS) is 20.1. The van der Waals surface area contributed by atoms with Crippen LogP contribution in [-0.4, -0.2) is 39.1 Å². The van der Waals surface area contributed by atoms with E-state index in [0.717, 1.165) is 26.4 Å². The van der Waals surface area contributed by atoms with Crippen LogP contribution < -0.4 is 5.32 Å². The van der Waals surface area contributed by atoms with Crippen LogP contribution in [0.15, 0.2) is 84.9 Å². The van der Waals surface area contributed by atoms with Crippen molar-refractivity contribution in [3.05, 3.63) is 117 Å². The number of fused-ring (bicyclic) bond motifs is 2. The third-order valence-corrected chi connectivity index (χ3v) is 10.1. The average molecular weight is 658 g/mol. The van der Waals surface area contributed by atoms with E-state index in [2.05, 4.69) is 11.4 Å². The number of carbonyl (C=O) groups is 4. The molecule has 0 bridgehead atoms. The second-order valence-corrected chi connectivity index (χ2v) is 12.9. The van der Waals surface area contributed by atoms with Crippen LogP contribution in [0.1, 0.15) is 37.9 Å². The van der Waals surface area contributed by atoms with E-state index >= 15 is 0 Å². The maximum absolute atomic E-state index is 14.0. The average Bonchev–Trinajstić information content (AvgIpc) is 3.67. The summed E-state index contributed by atoms with van der Waals surface area (Å²) in [5.74, 6) is -7.19. The molecule has 4 aromatic carbocycles. The molecule has 2 heterocycles. The van der Waals surface area contributed by atoms with E-state index in [0.29, 0.717) is 11.3 Å². The molecule has 2 aliphatic rings. The van der Waals surface area contributed by atoms with Crippen LogP contribution in [0.4, 0.5) is 5.69 Å². The molecule has 1 amide bonds. The Morgan fingerprint density at radius 2 is 1.60 bits per heavy atom. The van der Waals surface area contributed by atoms with Gasteiger partial charge in [0.25, 0.3) is 0 Å². The summed E-state index contributed by atoms with van der Waals surface area (Å²) >= 11 is 14.0. The number of nitrogens with one attached hydrogen (secondary N) is 1. The number of benzene rings is 4. The molecule has 1 aromatic heterocycles. The number of carboxylic acid groups (broad SMARTS) is 1. The molecular formula is C34H22Cl2N2O6S. The molecule has 3 atom stereocenters. The first-order valence-corrected chi connectivity index (χ1v) is 15.5. The molecule has 1 fully saturated rings. The lowest BCUT2D eigenvalue weighted by molar-refractivity contribution is -0.147. The Kier molecular flexibility index (Phi) is 7.09. The first kappa shape index (κ1) is 29.3. The van der Waals surface area contributed by atoms with Crippen LogP contribution in [0.3, 0.4) is 0 Å². The highest BCUT2D eigenvalue weighted by Crippen LogP contribution is 2.54. The zero-order valence-electron chi connectivity index (χ0n) is 23.4. The molecule has 3 unspecified atom stereocenters. The highest BCUT2D eigenvalue weighted by atomic mass is 35.5. The molecule has 1 saturated heterocycles. The van der Waals surface area contributed by atoms with E-state index in [1.54, 1.807) is 47.7 Å². The van der Waals surface area contributed by atoms with E-state index in [9.17, 15) is 24.3 Å².